The largest absolute Gasteiger partial charge is 0.507 e. The standard InChI is InChI=1S/C14H7F3N2O2/c15-8-2-3-9(12(20)6-8)14-18-13(19-21-14)7-1-4-10(16)11(17)5-7/h1-6,20H. The van der Waals surface area contributed by atoms with Gasteiger partial charge in [0.15, 0.2) is 11.6 Å². The van der Waals surface area contributed by atoms with E-state index in [-0.39, 0.29) is 28.6 Å². The van der Waals surface area contributed by atoms with Crippen molar-refractivity contribution in [3.05, 3.63) is 53.8 Å². The third kappa shape index (κ3) is 2.45. The summed E-state index contributed by atoms with van der Waals surface area (Å²) in [5.74, 6) is -3.05. The predicted octanol–water partition coefficient (Wildman–Crippen LogP) is 3.53. The molecule has 1 heterocycles. The van der Waals surface area contributed by atoms with Gasteiger partial charge in [-0.05, 0) is 30.3 Å². The van der Waals surface area contributed by atoms with Crippen LogP contribution in [-0.4, -0.2) is 15.2 Å². The van der Waals surface area contributed by atoms with Crippen LogP contribution in [0.2, 0.25) is 0 Å². The molecule has 0 fully saturated rings. The van der Waals surface area contributed by atoms with E-state index in [1.54, 1.807) is 0 Å². The van der Waals surface area contributed by atoms with Crippen LogP contribution in [0.1, 0.15) is 0 Å². The molecule has 0 aliphatic heterocycles. The lowest BCUT2D eigenvalue weighted by Gasteiger charge is -1.98. The maximum absolute atomic E-state index is 13.2. The molecule has 0 aliphatic rings. The average Bonchev–Trinajstić information content (AvgIpc) is 2.91. The molecule has 0 saturated carbocycles. The zero-order chi connectivity index (χ0) is 15.0. The average molecular weight is 292 g/mol. The molecule has 0 amide bonds. The van der Waals surface area contributed by atoms with Crippen molar-refractivity contribution in [3.8, 4) is 28.6 Å². The van der Waals surface area contributed by atoms with E-state index in [0.29, 0.717) is 0 Å². The Balaban J connectivity index is 2.01. The number of hydrogen-bond donors (Lipinski definition) is 1. The number of hydrogen-bond acceptors (Lipinski definition) is 4. The smallest absolute Gasteiger partial charge is 0.262 e. The van der Waals surface area contributed by atoms with Crippen molar-refractivity contribution >= 4 is 0 Å². The minimum atomic E-state index is -1.04. The first-order valence-corrected chi connectivity index (χ1v) is 5.82. The van der Waals surface area contributed by atoms with Gasteiger partial charge in [0.25, 0.3) is 5.89 Å². The lowest BCUT2D eigenvalue weighted by atomic mass is 10.2. The number of phenolic OH excluding ortho intramolecular Hbond substituents is 1. The topological polar surface area (TPSA) is 59.2 Å². The second-order valence-corrected chi connectivity index (χ2v) is 4.21. The van der Waals surface area contributed by atoms with Gasteiger partial charge in [0.05, 0.1) is 5.56 Å². The Bertz CT molecular complexity index is 818. The van der Waals surface area contributed by atoms with E-state index in [2.05, 4.69) is 10.1 Å². The zero-order valence-corrected chi connectivity index (χ0v) is 10.3. The molecule has 1 aromatic heterocycles. The Morgan fingerprint density at radius 2 is 1.76 bits per heavy atom. The first-order chi connectivity index (χ1) is 10.0. The highest BCUT2D eigenvalue weighted by atomic mass is 19.2. The third-order valence-electron chi connectivity index (χ3n) is 2.79. The summed E-state index contributed by atoms with van der Waals surface area (Å²) >= 11 is 0. The number of rotatable bonds is 2. The maximum atomic E-state index is 13.2. The lowest BCUT2D eigenvalue weighted by molar-refractivity contribution is 0.424. The van der Waals surface area contributed by atoms with Crippen LogP contribution in [0, 0.1) is 17.5 Å². The first-order valence-electron chi connectivity index (χ1n) is 5.82. The minimum absolute atomic E-state index is 0.0209. The highest BCUT2D eigenvalue weighted by Crippen LogP contribution is 2.30. The van der Waals surface area contributed by atoms with E-state index in [4.69, 9.17) is 4.52 Å². The number of aromatic hydroxyl groups is 1. The monoisotopic (exact) mass is 292 g/mol. The quantitative estimate of drug-likeness (QED) is 0.785. The molecular formula is C14H7F3N2O2. The molecule has 2 aromatic carbocycles. The van der Waals surface area contributed by atoms with Gasteiger partial charge in [-0.2, -0.15) is 4.98 Å². The van der Waals surface area contributed by atoms with E-state index >= 15 is 0 Å². The molecule has 0 radical (unpaired) electrons. The number of nitrogens with zero attached hydrogens (tertiary/aromatic N) is 2. The fraction of sp³-hybridized carbons (Fsp3) is 0. The van der Waals surface area contributed by atoms with Crippen LogP contribution in [0.25, 0.3) is 22.8 Å². The summed E-state index contributed by atoms with van der Waals surface area (Å²) in [5, 5.41) is 13.2. The van der Waals surface area contributed by atoms with E-state index in [9.17, 15) is 18.3 Å². The number of phenols is 1. The van der Waals surface area contributed by atoms with Gasteiger partial charge >= 0.3 is 0 Å². The Kier molecular flexibility index (Phi) is 3.09. The molecule has 3 rings (SSSR count). The van der Waals surface area contributed by atoms with Gasteiger partial charge in [-0.25, -0.2) is 13.2 Å². The zero-order valence-electron chi connectivity index (χ0n) is 10.3. The number of halogens is 3. The second kappa shape index (κ2) is 4.93. The Labute approximate surface area is 116 Å². The van der Waals surface area contributed by atoms with E-state index in [1.807, 2.05) is 0 Å². The first kappa shape index (κ1) is 13.2. The summed E-state index contributed by atoms with van der Waals surface area (Å²) in [6, 6.07) is 6.45. The Hall–Kier alpha value is -2.83. The van der Waals surface area contributed by atoms with Crippen LogP contribution < -0.4 is 0 Å². The Morgan fingerprint density at radius 1 is 0.952 bits per heavy atom. The maximum Gasteiger partial charge on any atom is 0.262 e. The van der Waals surface area contributed by atoms with Gasteiger partial charge in [-0.3, -0.25) is 0 Å². The SMILES string of the molecule is Oc1cc(F)ccc1-c1nc(-c2ccc(F)c(F)c2)no1. The highest BCUT2D eigenvalue weighted by molar-refractivity contribution is 5.64. The highest BCUT2D eigenvalue weighted by Gasteiger charge is 2.15. The second-order valence-electron chi connectivity index (χ2n) is 4.21. The molecule has 21 heavy (non-hydrogen) atoms. The molecule has 1 N–H and O–H groups in total. The van der Waals surface area contributed by atoms with E-state index in [0.717, 1.165) is 24.3 Å². The van der Waals surface area contributed by atoms with Crippen molar-refractivity contribution in [2.24, 2.45) is 0 Å². The van der Waals surface area contributed by atoms with Gasteiger partial charge in [-0.1, -0.05) is 5.16 Å². The fourth-order valence-electron chi connectivity index (χ4n) is 1.77. The molecule has 3 aromatic rings. The van der Waals surface area contributed by atoms with Gasteiger partial charge in [0.1, 0.15) is 11.6 Å². The van der Waals surface area contributed by atoms with Crippen molar-refractivity contribution in [2.75, 3.05) is 0 Å². The summed E-state index contributed by atoms with van der Waals surface area (Å²) in [7, 11) is 0. The number of aromatic nitrogens is 2. The van der Waals surface area contributed by atoms with Gasteiger partial charge < -0.3 is 9.63 Å². The minimum Gasteiger partial charge on any atom is -0.507 e. The van der Waals surface area contributed by atoms with Crippen LogP contribution in [0.5, 0.6) is 5.75 Å². The summed E-state index contributed by atoms with van der Waals surface area (Å²) in [6.07, 6.45) is 0. The Morgan fingerprint density at radius 3 is 2.48 bits per heavy atom. The van der Waals surface area contributed by atoms with E-state index in [1.165, 1.54) is 12.1 Å². The van der Waals surface area contributed by atoms with Crippen LogP contribution in [-0.2, 0) is 0 Å². The summed E-state index contributed by atoms with van der Waals surface area (Å²) < 4.78 is 43.9. The number of benzene rings is 2. The van der Waals surface area contributed by atoms with E-state index < -0.39 is 17.5 Å². The van der Waals surface area contributed by atoms with Crippen molar-refractivity contribution in [1.82, 2.24) is 10.1 Å². The summed E-state index contributed by atoms with van der Waals surface area (Å²) in [5.41, 5.74) is 0.350. The van der Waals surface area contributed by atoms with Crippen LogP contribution in [0.3, 0.4) is 0 Å². The molecule has 0 aliphatic carbocycles. The molecule has 0 unspecified atom stereocenters. The van der Waals surface area contributed by atoms with Crippen LogP contribution in [0.4, 0.5) is 13.2 Å². The van der Waals surface area contributed by atoms with Crippen LogP contribution >= 0.6 is 0 Å². The molecular weight excluding hydrogens is 285 g/mol. The van der Waals surface area contributed by atoms with Crippen LogP contribution in [0.15, 0.2) is 40.9 Å². The van der Waals surface area contributed by atoms with Crippen molar-refractivity contribution in [3.63, 3.8) is 0 Å². The van der Waals surface area contributed by atoms with Crippen molar-refractivity contribution in [2.45, 2.75) is 0 Å². The predicted molar refractivity (Wildman–Crippen MR) is 66.7 cm³/mol. The summed E-state index contributed by atoms with van der Waals surface area (Å²) in [4.78, 5) is 3.96. The van der Waals surface area contributed by atoms with Gasteiger partial charge in [0, 0.05) is 11.6 Å². The molecule has 4 nitrogen and oxygen atoms in total. The summed E-state index contributed by atoms with van der Waals surface area (Å²) in [6.45, 7) is 0. The normalized spacial score (nSPS) is 10.8. The van der Waals surface area contributed by atoms with Crippen molar-refractivity contribution < 1.29 is 22.8 Å². The van der Waals surface area contributed by atoms with Gasteiger partial charge in [0.2, 0.25) is 5.82 Å². The molecule has 0 bridgehead atoms. The lowest BCUT2D eigenvalue weighted by Crippen LogP contribution is -1.87. The molecule has 0 saturated heterocycles. The molecule has 7 heteroatoms. The fourth-order valence-corrected chi connectivity index (χ4v) is 1.77. The van der Waals surface area contributed by atoms with Gasteiger partial charge in [-0.15, -0.1) is 0 Å². The van der Waals surface area contributed by atoms with Crippen molar-refractivity contribution in [1.29, 1.82) is 0 Å². The molecule has 0 atom stereocenters. The third-order valence-corrected chi connectivity index (χ3v) is 2.79. The molecule has 106 valence electrons. The molecule has 0 spiro atoms.